The number of likely N-dealkylation sites (tertiary alicyclic amines) is 1. The third-order valence-electron chi connectivity index (χ3n) is 7.38. The van der Waals surface area contributed by atoms with Gasteiger partial charge in [0.25, 0.3) is 0 Å². The average Bonchev–Trinajstić information content (AvgIpc) is 3.42. The number of piperidine rings is 1. The zero-order chi connectivity index (χ0) is 28.4. The van der Waals surface area contributed by atoms with E-state index in [4.69, 9.17) is 9.47 Å². The van der Waals surface area contributed by atoms with Crippen LogP contribution in [0.5, 0.6) is 0 Å². The van der Waals surface area contributed by atoms with Gasteiger partial charge in [0.1, 0.15) is 5.82 Å². The highest BCUT2D eigenvalue weighted by atomic mass is 19.1. The molecule has 2 heterocycles. The molecule has 3 N–H and O–H groups in total. The number of para-hydroxylation sites is 1. The van der Waals surface area contributed by atoms with Crippen molar-refractivity contribution >= 4 is 28.6 Å². The molecule has 1 fully saturated rings. The zero-order valence-electron chi connectivity index (χ0n) is 22.9. The van der Waals surface area contributed by atoms with Gasteiger partial charge in [-0.05, 0) is 54.7 Å². The SMILES string of the molecule is O=C(Nc1ccccc1)N[C@H](CCOCc1ccccc1)N1CCC(COC(=O)c2c[nH]c3ccc(F)cc23)CC1. The summed E-state index contributed by atoms with van der Waals surface area (Å²) < 4.78 is 25.2. The van der Waals surface area contributed by atoms with Crippen molar-refractivity contribution in [3.8, 4) is 0 Å². The Morgan fingerprint density at radius 1 is 1.00 bits per heavy atom. The minimum absolute atomic E-state index is 0.199. The second-order valence-electron chi connectivity index (χ2n) is 10.3. The van der Waals surface area contributed by atoms with Crippen molar-refractivity contribution in [2.24, 2.45) is 5.92 Å². The monoisotopic (exact) mass is 558 g/mol. The summed E-state index contributed by atoms with van der Waals surface area (Å²) >= 11 is 0. The lowest BCUT2D eigenvalue weighted by Gasteiger charge is -2.37. The Kier molecular flexibility index (Phi) is 9.61. The van der Waals surface area contributed by atoms with Crippen LogP contribution < -0.4 is 10.6 Å². The molecule has 0 radical (unpaired) electrons. The zero-order valence-corrected chi connectivity index (χ0v) is 22.9. The van der Waals surface area contributed by atoms with E-state index in [9.17, 15) is 14.0 Å². The number of H-pyrrole nitrogens is 1. The number of amides is 2. The van der Waals surface area contributed by atoms with E-state index in [1.807, 2.05) is 60.7 Å². The molecule has 41 heavy (non-hydrogen) atoms. The maximum atomic E-state index is 13.7. The van der Waals surface area contributed by atoms with Gasteiger partial charge in [0.2, 0.25) is 0 Å². The van der Waals surface area contributed by atoms with Gasteiger partial charge >= 0.3 is 12.0 Å². The third-order valence-corrected chi connectivity index (χ3v) is 7.38. The topological polar surface area (TPSA) is 95.7 Å². The minimum atomic E-state index is -0.461. The van der Waals surface area contributed by atoms with Crippen LogP contribution in [-0.2, 0) is 16.1 Å². The fraction of sp³-hybridized carbons (Fsp3) is 0.312. The molecule has 1 aliphatic heterocycles. The summed E-state index contributed by atoms with van der Waals surface area (Å²) in [5.74, 6) is -0.660. The molecule has 9 heteroatoms. The maximum Gasteiger partial charge on any atom is 0.340 e. The summed E-state index contributed by atoms with van der Waals surface area (Å²) in [6.45, 7) is 2.79. The molecule has 4 aromatic rings. The molecule has 1 aliphatic rings. The number of esters is 1. The van der Waals surface area contributed by atoms with Crippen LogP contribution in [0.4, 0.5) is 14.9 Å². The summed E-state index contributed by atoms with van der Waals surface area (Å²) in [4.78, 5) is 30.8. The van der Waals surface area contributed by atoms with Gasteiger partial charge in [-0.2, -0.15) is 0 Å². The van der Waals surface area contributed by atoms with E-state index in [1.165, 1.54) is 12.1 Å². The number of carbonyl (C=O) groups is 2. The number of aromatic amines is 1. The van der Waals surface area contributed by atoms with E-state index < -0.39 is 11.8 Å². The molecule has 0 aliphatic carbocycles. The van der Waals surface area contributed by atoms with E-state index in [0.717, 1.165) is 37.2 Å². The van der Waals surface area contributed by atoms with Crippen molar-refractivity contribution in [2.45, 2.75) is 32.0 Å². The van der Waals surface area contributed by atoms with Crippen LogP contribution in [0.3, 0.4) is 0 Å². The molecule has 0 unspecified atom stereocenters. The van der Waals surface area contributed by atoms with Gasteiger partial charge in [0, 0.05) is 42.3 Å². The molecule has 0 saturated carbocycles. The number of nitrogens with zero attached hydrogens (tertiary/aromatic N) is 1. The van der Waals surface area contributed by atoms with Crippen molar-refractivity contribution in [2.75, 3.05) is 31.6 Å². The third kappa shape index (κ3) is 7.93. The van der Waals surface area contributed by atoms with Crippen molar-refractivity contribution < 1.29 is 23.5 Å². The molecule has 214 valence electrons. The number of halogens is 1. The highest BCUT2D eigenvalue weighted by molar-refractivity contribution is 6.04. The lowest BCUT2D eigenvalue weighted by molar-refractivity contribution is 0.0289. The van der Waals surface area contributed by atoms with Gasteiger partial charge in [0.05, 0.1) is 31.5 Å². The normalized spacial score (nSPS) is 15.0. The Balaban J connectivity index is 1.13. The fourth-order valence-corrected chi connectivity index (χ4v) is 5.11. The molecule has 5 rings (SSSR count). The second-order valence-corrected chi connectivity index (χ2v) is 10.3. The van der Waals surface area contributed by atoms with Gasteiger partial charge < -0.3 is 25.1 Å². The molecule has 0 bridgehead atoms. The largest absolute Gasteiger partial charge is 0.462 e. The van der Waals surface area contributed by atoms with Crippen molar-refractivity contribution in [3.63, 3.8) is 0 Å². The molecular formula is C32H35FN4O4. The number of hydrogen-bond donors (Lipinski definition) is 3. The maximum absolute atomic E-state index is 13.7. The van der Waals surface area contributed by atoms with Gasteiger partial charge in [0.15, 0.2) is 0 Å². The first kappa shape index (κ1) is 28.3. The van der Waals surface area contributed by atoms with E-state index in [2.05, 4.69) is 20.5 Å². The number of aromatic nitrogens is 1. The Morgan fingerprint density at radius 3 is 2.49 bits per heavy atom. The lowest BCUT2D eigenvalue weighted by atomic mass is 9.97. The average molecular weight is 559 g/mol. The van der Waals surface area contributed by atoms with Crippen molar-refractivity contribution in [1.29, 1.82) is 0 Å². The summed E-state index contributed by atoms with van der Waals surface area (Å²) in [7, 11) is 0. The number of carbonyl (C=O) groups excluding carboxylic acids is 2. The smallest absolute Gasteiger partial charge is 0.340 e. The molecule has 2 amide bonds. The van der Waals surface area contributed by atoms with Crippen LogP contribution >= 0.6 is 0 Å². The molecular weight excluding hydrogens is 523 g/mol. The standard InChI is InChI=1S/C32H35FN4O4/c33-25-11-12-29-27(19-25)28(20-34-29)31(38)41-22-24-13-16-37(17-14-24)30(15-18-40-21-23-7-3-1-4-8-23)36-32(39)35-26-9-5-2-6-10-26/h1-12,19-20,24,30,34H,13-18,21-22H2,(H2,35,36,39)/t30-/m0/s1. The predicted molar refractivity (Wildman–Crippen MR) is 156 cm³/mol. The van der Waals surface area contributed by atoms with E-state index >= 15 is 0 Å². The molecule has 1 atom stereocenters. The molecule has 1 saturated heterocycles. The van der Waals surface area contributed by atoms with Crippen LogP contribution in [0.2, 0.25) is 0 Å². The second kappa shape index (κ2) is 13.9. The van der Waals surface area contributed by atoms with E-state index in [0.29, 0.717) is 42.7 Å². The van der Waals surface area contributed by atoms with Crippen LogP contribution in [0.1, 0.15) is 35.2 Å². The molecule has 3 aromatic carbocycles. The number of fused-ring (bicyclic) bond motifs is 1. The lowest BCUT2D eigenvalue weighted by Crippen LogP contribution is -2.52. The van der Waals surface area contributed by atoms with Crippen LogP contribution in [-0.4, -0.2) is 54.4 Å². The highest BCUT2D eigenvalue weighted by Crippen LogP contribution is 2.23. The Labute approximate surface area is 238 Å². The summed E-state index contributed by atoms with van der Waals surface area (Å²) in [5, 5.41) is 6.53. The first-order valence-electron chi connectivity index (χ1n) is 14.0. The van der Waals surface area contributed by atoms with Crippen LogP contribution in [0.25, 0.3) is 10.9 Å². The van der Waals surface area contributed by atoms with Crippen molar-refractivity contribution in [1.82, 2.24) is 15.2 Å². The highest BCUT2D eigenvalue weighted by Gasteiger charge is 2.27. The number of hydrogen-bond acceptors (Lipinski definition) is 5. The van der Waals surface area contributed by atoms with Crippen LogP contribution in [0.15, 0.2) is 85.1 Å². The number of ether oxygens (including phenoxy) is 2. The summed E-state index contributed by atoms with van der Waals surface area (Å²) in [6, 6.07) is 23.4. The van der Waals surface area contributed by atoms with Gasteiger partial charge in [-0.3, -0.25) is 4.90 Å². The predicted octanol–water partition coefficient (Wildman–Crippen LogP) is 5.93. The number of anilines is 1. The van der Waals surface area contributed by atoms with Crippen LogP contribution in [0, 0.1) is 11.7 Å². The van der Waals surface area contributed by atoms with Gasteiger partial charge in [-0.1, -0.05) is 48.5 Å². The Hall–Kier alpha value is -4.21. The molecule has 1 aromatic heterocycles. The van der Waals surface area contributed by atoms with E-state index in [-0.39, 0.29) is 18.1 Å². The number of rotatable bonds is 11. The summed E-state index contributed by atoms with van der Waals surface area (Å²) in [6.07, 6.45) is 3.62. The van der Waals surface area contributed by atoms with E-state index in [1.54, 1.807) is 12.3 Å². The summed E-state index contributed by atoms with van der Waals surface area (Å²) in [5.41, 5.74) is 2.85. The minimum Gasteiger partial charge on any atom is -0.462 e. The number of urea groups is 1. The number of nitrogens with one attached hydrogen (secondary N) is 3. The fourth-order valence-electron chi connectivity index (χ4n) is 5.11. The Bertz CT molecular complexity index is 1420. The van der Waals surface area contributed by atoms with Gasteiger partial charge in [-0.15, -0.1) is 0 Å². The Morgan fingerprint density at radius 2 is 1.73 bits per heavy atom. The molecule has 8 nitrogen and oxygen atoms in total. The van der Waals surface area contributed by atoms with Crippen molar-refractivity contribution in [3.05, 3.63) is 102 Å². The quantitative estimate of drug-likeness (QED) is 0.157. The number of benzene rings is 3. The first-order chi connectivity index (χ1) is 20.0. The van der Waals surface area contributed by atoms with Gasteiger partial charge in [-0.25, -0.2) is 14.0 Å². The first-order valence-corrected chi connectivity index (χ1v) is 14.0. The molecule has 0 spiro atoms.